The maximum Gasteiger partial charge on any atom is 0.128 e. The third-order valence-corrected chi connectivity index (χ3v) is 5.35. The highest BCUT2D eigenvalue weighted by Crippen LogP contribution is 2.21. The largest absolute Gasteiger partial charge is 0.507 e. The van der Waals surface area contributed by atoms with Gasteiger partial charge in [-0.25, -0.2) is 0 Å². The fourth-order valence-corrected chi connectivity index (χ4v) is 3.90. The summed E-state index contributed by atoms with van der Waals surface area (Å²) < 4.78 is 6.78. The van der Waals surface area contributed by atoms with Gasteiger partial charge in [0, 0.05) is 15.6 Å². The number of hydrogen-bond donors (Lipinski definition) is 3. The van der Waals surface area contributed by atoms with Crippen LogP contribution in [0.4, 0.5) is 0 Å². The number of nitrogens with one attached hydrogen (secondary N) is 2. The second kappa shape index (κ2) is 8.70. The molecule has 4 nitrogen and oxygen atoms in total. The van der Waals surface area contributed by atoms with Crippen molar-refractivity contribution in [2.24, 2.45) is 0 Å². The van der Waals surface area contributed by atoms with Gasteiger partial charge in [-0.3, -0.25) is 0 Å². The van der Waals surface area contributed by atoms with Gasteiger partial charge in [-0.2, -0.15) is 0 Å². The Balaban J connectivity index is 1.55. The van der Waals surface area contributed by atoms with E-state index < -0.39 is 0 Å². The van der Waals surface area contributed by atoms with Crippen molar-refractivity contribution in [1.29, 1.82) is 0 Å². The summed E-state index contributed by atoms with van der Waals surface area (Å²) in [6.07, 6.45) is 0. The molecule has 3 N–H and O–H groups in total. The van der Waals surface area contributed by atoms with E-state index in [1.807, 2.05) is 25.1 Å². The molecular weight excluding hydrogens is 380 g/mol. The number of benzene rings is 2. The van der Waals surface area contributed by atoms with Crippen LogP contribution < -0.4 is 14.5 Å². The first-order valence-electron chi connectivity index (χ1n) is 9.01. The first-order chi connectivity index (χ1) is 12.2. The predicted octanol–water partition coefficient (Wildman–Crippen LogP) is 1.04. The second-order valence-corrected chi connectivity index (χ2v) is 7.58. The van der Waals surface area contributed by atoms with Crippen LogP contribution in [0.25, 0.3) is 0 Å². The molecule has 0 atom stereocenters. The molecule has 0 aromatic heterocycles. The fourth-order valence-electron chi connectivity index (χ4n) is 3.49. The van der Waals surface area contributed by atoms with Crippen molar-refractivity contribution in [3.05, 3.63) is 58.1 Å². The van der Waals surface area contributed by atoms with Crippen molar-refractivity contribution >= 4 is 15.9 Å². The SMILES string of the molecule is CCOc1ccccc1C[NH+]1CC[NH+](Cc2cc(Br)ccc2O)CC1. The Morgan fingerprint density at radius 2 is 1.60 bits per heavy atom. The molecular formula is C20H27BrN2O2+2. The van der Waals surface area contributed by atoms with E-state index in [9.17, 15) is 5.11 Å². The Bertz CT molecular complexity index is 700. The van der Waals surface area contributed by atoms with Gasteiger partial charge in [-0.15, -0.1) is 0 Å². The minimum atomic E-state index is 0.399. The Morgan fingerprint density at radius 3 is 2.28 bits per heavy atom. The third kappa shape index (κ3) is 4.97. The number of ether oxygens (including phenoxy) is 1. The molecule has 1 saturated heterocycles. The van der Waals surface area contributed by atoms with Crippen LogP contribution in [0, 0.1) is 0 Å². The maximum atomic E-state index is 10.0. The summed E-state index contributed by atoms with van der Waals surface area (Å²) in [4.78, 5) is 3.14. The van der Waals surface area contributed by atoms with Crippen molar-refractivity contribution in [3.63, 3.8) is 0 Å². The number of piperazine rings is 1. The van der Waals surface area contributed by atoms with Crippen LogP contribution in [0.2, 0.25) is 0 Å². The van der Waals surface area contributed by atoms with Gasteiger partial charge in [0.05, 0.1) is 6.61 Å². The van der Waals surface area contributed by atoms with E-state index in [1.165, 1.54) is 10.5 Å². The summed E-state index contributed by atoms with van der Waals surface area (Å²) >= 11 is 3.49. The first-order valence-corrected chi connectivity index (χ1v) is 9.80. The van der Waals surface area contributed by atoms with Gasteiger partial charge in [0.1, 0.15) is 50.8 Å². The monoisotopic (exact) mass is 406 g/mol. The number of aromatic hydroxyl groups is 1. The number of phenolic OH excluding ortho intramolecular Hbond substituents is 1. The maximum absolute atomic E-state index is 10.0. The van der Waals surface area contributed by atoms with Crippen LogP contribution in [0.5, 0.6) is 11.5 Å². The Hall–Kier alpha value is -1.56. The van der Waals surface area contributed by atoms with Gasteiger partial charge >= 0.3 is 0 Å². The van der Waals surface area contributed by atoms with Gasteiger partial charge in [0.2, 0.25) is 0 Å². The van der Waals surface area contributed by atoms with Crippen molar-refractivity contribution < 1.29 is 19.6 Å². The van der Waals surface area contributed by atoms with Gasteiger partial charge < -0.3 is 19.6 Å². The summed E-state index contributed by atoms with van der Waals surface area (Å²) in [6, 6.07) is 14.1. The van der Waals surface area contributed by atoms with E-state index in [0.717, 1.165) is 55.1 Å². The number of halogens is 1. The molecule has 0 aliphatic carbocycles. The molecule has 2 aromatic rings. The summed E-state index contributed by atoms with van der Waals surface area (Å²) in [5.74, 6) is 1.42. The van der Waals surface area contributed by atoms with Crippen LogP contribution >= 0.6 is 15.9 Å². The number of phenols is 1. The standard InChI is InChI=1S/C20H25BrN2O2/c1-2-25-20-6-4-3-5-16(20)14-22-9-11-23(12-10-22)15-17-13-18(21)7-8-19(17)24/h3-8,13,24H,2,9-12,14-15H2,1H3/p+2. The summed E-state index contributed by atoms with van der Waals surface area (Å²) in [7, 11) is 0. The average Bonchev–Trinajstić information content (AvgIpc) is 2.62. The van der Waals surface area contributed by atoms with Crippen LogP contribution in [-0.4, -0.2) is 37.9 Å². The minimum Gasteiger partial charge on any atom is -0.507 e. The number of hydrogen-bond acceptors (Lipinski definition) is 2. The number of para-hydroxylation sites is 1. The van der Waals surface area contributed by atoms with Gasteiger partial charge in [0.25, 0.3) is 0 Å². The lowest BCUT2D eigenvalue weighted by Gasteiger charge is -2.30. The van der Waals surface area contributed by atoms with Crippen molar-refractivity contribution in [3.8, 4) is 11.5 Å². The molecule has 2 aromatic carbocycles. The lowest BCUT2D eigenvalue weighted by Crippen LogP contribution is -3.27. The zero-order chi connectivity index (χ0) is 17.6. The van der Waals surface area contributed by atoms with Gasteiger partial charge in [-0.1, -0.05) is 28.1 Å². The molecule has 1 aliphatic rings. The van der Waals surface area contributed by atoms with Crippen LogP contribution in [0.1, 0.15) is 18.1 Å². The van der Waals surface area contributed by atoms with Crippen molar-refractivity contribution in [1.82, 2.24) is 0 Å². The molecule has 0 radical (unpaired) electrons. The van der Waals surface area contributed by atoms with E-state index in [4.69, 9.17) is 4.74 Å². The smallest absolute Gasteiger partial charge is 0.128 e. The van der Waals surface area contributed by atoms with E-state index >= 15 is 0 Å². The molecule has 0 saturated carbocycles. The van der Waals surface area contributed by atoms with Crippen molar-refractivity contribution in [2.75, 3.05) is 32.8 Å². The fraction of sp³-hybridized carbons (Fsp3) is 0.400. The highest BCUT2D eigenvalue weighted by Gasteiger charge is 2.24. The third-order valence-electron chi connectivity index (χ3n) is 4.86. The molecule has 1 fully saturated rings. The lowest BCUT2D eigenvalue weighted by molar-refractivity contribution is -1.02. The summed E-state index contributed by atoms with van der Waals surface area (Å²) in [5.41, 5.74) is 2.32. The topological polar surface area (TPSA) is 38.3 Å². The van der Waals surface area contributed by atoms with Crippen LogP contribution in [0.3, 0.4) is 0 Å². The minimum absolute atomic E-state index is 0.399. The normalized spacial score (nSPS) is 20.4. The zero-order valence-electron chi connectivity index (χ0n) is 14.7. The van der Waals surface area contributed by atoms with Gasteiger partial charge in [-0.05, 0) is 37.3 Å². The number of quaternary nitrogens is 2. The molecule has 5 heteroatoms. The molecule has 3 rings (SSSR count). The van der Waals surface area contributed by atoms with Crippen LogP contribution in [-0.2, 0) is 13.1 Å². The highest BCUT2D eigenvalue weighted by atomic mass is 79.9. The Labute approximate surface area is 158 Å². The van der Waals surface area contributed by atoms with E-state index in [-0.39, 0.29) is 0 Å². The highest BCUT2D eigenvalue weighted by molar-refractivity contribution is 9.10. The van der Waals surface area contributed by atoms with E-state index in [2.05, 4.69) is 34.1 Å². The van der Waals surface area contributed by atoms with E-state index in [0.29, 0.717) is 12.4 Å². The molecule has 0 amide bonds. The quantitative estimate of drug-likeness (QED) is 0.670. The summed E-state index contributed by atoms with van der Waals surface area (Å²) in [6.45, 7) is 9.18. The van der Waals surface area contributed by atoms with E-state index in [1.54, 1.807) is 11.0 Å². The molecule has 1 heterocycles. The first kappa shape index (κ1) is 18.2. The molecule has 25 heavy (non-hydrogen) atoms. The summed E-state index contributed by atoms with van der Waals surface area (Å²) in [5, 5.41) is 10.0. The average molecular weight is 407 g/mol. The predicted molar refractivity (Wildman–Crippen MR) is 102 cm³/mol. The molecule has 0 spiro atoms. The van der Waals surface area contributed by atoms with Crippen LogP contribution in [0.15, 0.2) is 46.9 Å². The zero-order valence-corrected chi connectivity index (χ0v) is 16.3. The molecule has 1 aliphatic heterocycles. The molecule has 0 bridgehead atoms. The molecule has 134 valence electrons. The Morgan fingerprint density at radius 1 is 0.960 bits per heavy atom. The van der Waals surface area contributed by atoms with Crippen molar-refractivity contribution in [2.45, 2.75) is 20.0 Å². The Kier molecular flexibility index (Phi) is 6.34. The van der Waals surface area contributed by atoms with Gasteiger partial charge in [0.15, 0.2) is 0 Å². The molecule has 0 unspecified atom stereocenters. The lowest BCUT2D eigenvalue weighted by atomic mass is 10.1. The second-order valence-electron chi connectivity index (χ2n) is 6.67. The number of rotatable bonds is 6.